The second-order valence-electron chi connectivity index (χ2n) is 54.6. The number of hydrogen-bond donors (Lipinski definition) is 0. The van der Waals surface area contributed by atoms with Crippen LogP contribution < -0.4 is 0 Å². The van der Waals surface area contributed by atoms with Crippen molar-refractivity contribution in [3.05, 3.63) is 203 Å². The second kappa shape index (κ2) is 66.7. The van der Waals surface area contributed by atoms with Crippen molar-refractivity contribution >= 4 is 71.5 Å². The maximum absolute atomic E-state index is 2.92. The van der Waals surface area contributed by atoms with E-state index >= 15 is 0 Å². The van der Waals surface area contributed by atoms with E-state index in [1.807, 2.05) is 0 Å². The number of unbranched alkanes of at least 4 members (excludes halogenated alkanes) is 4. The van der Waals surface area contributed by atoms with E-state index in [0.29, 0.717) is 0 Å². The largest absolute Gasteiger partial charge is 4.00 e. The zero-order valence-corrected chi connectivity index (χ0v) is 122. The van der Waals surface area contributed by atoms with Gasteiger partial charge in [0.25, 0.3) is 0 Å². The fourth-order valence-electron chi connectivity index (χ4n) is 38.6. The van der Waals surface area contributed by atoms with Crippen molar-refractivity contribution < 1.29 is 105 Å². The molecule has 16 aliphatic rings. The molecule has 0 radical (unpaired) electrons. The van der Waals surface area contributed by atoms with Crippen molar-refractivity contribution in [3.63, 3.8) is 0 Å². The molecule has 0 bridgehead atoms. The van der Waals surface area contributed by atoms with Gasteiger partial charge in [-0.25, -0.2) is 0 Å². The van der Waals surface area contributed by atoms with Gasteiger partial charge < -0.3 is 119 Å². The van der Waals surface area contributed by atoms with E-state index in [2.05, 4.69) is 212 Å². The Bertz CT molecular complexity index is 3910. The summed E-state index contributed by atoms with van der Waals surface area (Å²) in [5.41, 5.74) is 12.6. The summed E-state index contributed by atoms with van der Waals surface area (Å²) in [6, 6.07) is 28.4. The van der Waals surface area contributed by atoms with Crippen LogP contribution in [0.3, 0.4) is 0 Å². The van der Waals surface area contributed by atoms with Crippen LogP contribution in [0, 0.1) is 243 Å². The van der Waals surface area contributed by atoms with Crippen molar-refractivity contribution in [2.75, 3.05) is 0 Å². The van der Waals surface area contributed by atoms with Crippen molar-refractivity contribution in [2.45, 2.75) is 510 Å². The average Bonchev–Trinajstić information content (AvgIpc) is 1.59. The molecular weight excluding hydrogens is 2190 g/mol. The normalized spacial score (nSPS) is 34.4. The van der Waals surface area contributed by atoms with Gasteiger partial charge in [-0.15, -0.1) is 0 Å². The maximum atomic E-state index is 2.92. The quantitative estimate of drug-likeness (QED) is 0.0555. The smallest absolute Gasteiger partial charge is 0.358 e. The molecule has 19 rings (SSSR count). The first-order valence-electron chi connectivity index (χ1n) is 57.3. The predicted molar refractivity (Wildman–Crippen MR) is 676 cm³/mol. The molecular formula is C133H252Si8Zr4. The third kappa shape index (κ3) is 31.8. The van der Waals surface area contributed by atoms with Crippen LogP contribution in [-0.4, -0.2) is 60.7 Å². The molecule has 0 heterocycles. The molecule has 16 fully saturated rings. The number of rotatable bonds is 26. The maximum Gasteiger partial charge on any atom is 4.00 e. The Morgan fingerprint density at radius 1 is 0.221 bits per heavy atom. The first-order valence-corrected chi connectivity index (χ1v) is 85.9. The van der Waals surface area contributed by atoms with Crippen molar-refractivity contribution in [1.29, 1.82) is 0 Å². The van der Waals surface area contributed by atoms with Gasteiger partial charge in [-0.05, 0) is 273 Å². The van der Waals surface area contributed by atoms with Crippen LogP contribution in [0.2, 0.25) is 149 Å². The minimum absolute atomic E-state index is 0. The van der Waals surface area contributed by atoms with Gasteiger partial charge in [0.15, 0.2) is 0 Å². The summed E-state index contributed by atoms with van der Waals surface area (Å²) < 4.78 is 0. The molecule has 0 saturated heterocycles. The molecule has 31 unspecified atom stereocenters. The molecule has 0 N–H and O–H groups in total. The van der Waals surface area contributed by atoms with E-state index in [-0.39, 0.29) is 224 Å². The monoisotopic (exact) mass is 2430 g/mol. The molecule has 16 saturated carbocycles. The molecule has 0 amide bonds. The van der Waals surface area contributed by atoms with Gasteiger partial charge in [0.1, 0.15) is 0 Å². The topological polar surface area (TPSA) is 0 Å². The summed E-state index contributed by atoms with van der Waals surface area (Å²) in [4.78, 5) is 0. The third-order valence-electron chi connectivity index (χ3n) is 48.5. The van der Waals surface area contributed by atoms with E-state index in [1.54, 1.807) is 209 Å². The molecule has 0 nitrogen and oxygen atoms in total. The first kappa shape index (κ1) is 157. The zero-order chi connectivity index (χ0) is 88.3. The Hall–Kier alpha value is 3.19. The van der Waals surface area contributed by atoms with Gasteiger partial charge in [-0.3, -0.25) is 0 Å². The summed E-state index contributed by atoms with van der Waals surface area (Å²) in [6.45, 7) is 58.5. The van der Waals surface area contributed by atoms with Crippen molar-refractivity contribution in [1.82, 2.24) is 0 Å². The van der Waals surface area contributed by atoms with E-state index in [4.69, 9.17) is 0 Å². The van der Waals surface area contributed by atoms with Gasteiger partial charge >= 0.3 is 105 Å². The fraction of sp³-hybridized carbons (Fsp3) is 0.759. The molecule has 31 atom stereocenters. The Balaban J connectivity index is -0.000000578. The SMILES string of the molecule is CCCCC1CCC([Si](C)(C)[Si](C)(C)C2CCC3C(C)C4CCCC4CC32)C1.CCCCC1CCC([Si](C)(C)[Si](C)(C)C2CCC3C2CC2CCCC2C3c2cccc3ccccc23)C1.CCCCC1CCC([Si](C)(C)[Si](C)(C)C2CCC3C2CC2CCCC2C3c2ccccc2)C1.CCCCC1CCC([Si](C)(C)[Si](C)(C)C2CCC3CC4CCCC4CC32)C1.[CH3-].[CH3-].[CH3-].[CH3-].[CH3-].[CH3-].[CH3-].[CH3-].[CH3-].[CH3-].[CH3-].[CH3-].[CH3-].[CH3-].[CH3-].[CH3-].[Zr+4].[Zr+4].[Zr+4].[Zr+4]. The fourth-order valence-corrected chi connectivity index (χ4v) is 94.8. The molecule has 0 aromatic heterocycles. The Morgan fingerprint density at radius 2 is 0.503 bits per heavy atom. The van der Waals surface area contributed by atoms with Crippen LogP contribution in [-0.2, 0) is 105 Å². The van der Waals surface area contributed by atoms with Crippen molar-refractivity contribution in [3.8, 4) is 0 Å². The van der Waals surface area contributed by atoms with Crippen LogP contribution in [0.5, 0.6) is 0 Å². The van der Waals surface area contributed by atoms with Crippen LogP contribution in [0.1, 0.15) is 372 Å². The average molecular weight is 2440 g/mol. The molecule has 3 aromatic carbocycles. The molecule has 12 heteroatoms. The molecule has 3 aromatic rings. The van der Waals surface area contributed by atoms with Crippen LogP contribution in [0.25, 0.3) is 10.8 Å². The molecule has 0 spiro atoms. The minimum Gasteiger partial charge on any atom is -0.358 e. The second-order valence-corrected chi connectivity index (χ2v) is 119. The number of benzene rings is 3. The number of hydrogen-bond acceptors (Lipinski definition) is 0. The summed E-state index contributed by atoms with van der Waals surface area (Å²) >= 11 is 0. The summed E-state index contributed by atoms with van der Waals surface area (Å²) in [5.74, 6) is 24.2. The van der Waals surface area contributed by atoms with E-state index < -0.39 is 60.7 Å². The van der Waals surface area contributed by atoms with Gasteiger partial charge in [0.2, 0.25) is 0 Å². The number of fused-ring (bicyclic) bond motifs is 9. The van der Waals surface area contributed by atoms with Gasteiger partial charge in [-0.1, -0.05) is 456 Å². The standard InChI is InChI=1S/C35H54Si2.C31H52Si2.C26H50Si2.C25H48Si2.16CH3.4Zr/c1-6-7-12-25-19-20-28(23-25)36(2,3)37(4,5)34-22-21-32-33(34)24-27-15-11-17-30(27)35(32)31-18-10-14-26-13-8-9-16-29(26)31;1-6-7-12-23-17-18-26(21-23)32(2,3)33(4,5)30-20-19-28-29(30)22-25-15-11-16-27(25)31(28)24-13-9-8-10-14-24;1-7-8-10-20-13-14-22(17-20)27(3,4)28(5,6)26-16-15-24-19(2)23-12-9-11-21(23)18-25(24)26;1-6-7-9-19-12-14-23(16-19)26(2,3)27(4,5)25-15-13-22-17-20-10-8-11-21(20)18-24(22)25;;;;;;;;;;;;;;;;;;;;/h8-10,13-14,16,18,25,27-28,30,32-35H,6-7,11-12,15,17,19-24H2,1-5H3;8-10,13-14,23,25-31H,6-7,11-12,15-22H2,1-5H3;19-26H,7-18H2,1-6H3;19-25H,6-18H2,1-5H3;16*1H3;;;;/q;;;;16*-1;4*+4. The Morgan fingerprint density at radius 3 is 0.890 bits per heavy atom. The predicted octanol–water partition coefficient (Wildman–Crippen LogP) is 45.2. The van der Waals surface area contributed by atoms with Crippen LogP contribution in [0.4, 0.5) is 0 Å². The van der Waals surface area contributed by atoms with Gasteiger partial charge in [0.05, 0.1) is 0 Å². The third-order valence-corrected chi connectivity index (χ3v) is 132. The van der Waals surface area contributed by atoms with E-state index in [1.165, 1.54) is 144 Å². The zero-order valence-electron chi connectivity index (χ0n) is 104. The summed E-state index contributed by atoms with van der Waals surface area (Å²) in [6.07, 6.45) is 76.0. The summed E-state index contributed by atoms with van der Waals surface area (Å²) in [5, 5.41) is 3.04. The van der Waals surface area contributed by atoms with E-state index in [0.717, 1.165) is 164 Å². The minimum atomic E-state index is -1.32. The molecule has 145 heavy (non-hydrogen) atoms. The molecule has 16 aliphatic carbocycles. The first-order chi connectivity index (χ1) is 59.8. The Kier molecular flexibility index (Phi) is 72.0. The molecule has 832 valence electrons. The summed E-state index contributed by atoms with van der Waals surface area (Å²) in [7, 11) is -9.62. The van der Waals surface area contributed by atoms with Gasteiger partial charge in [0, 0.05) is 60.7 Å². The van der Waals surface area contributed by atoms with Gasteiger partial charge in [-0.2, -0.15) is 0 Å². The van der Waals surface area contributed by atoms with Crippen LogP contribution >= 0.6 is 0 Å². The van der Waals surface area contributed by atoms with Crippen molar-refractivity contribution in [2.24, 2.45) is 124 Å². The molecule has 0 aliphatic heterocycles. The Labute approximate surface area is 1000 Å². The van der Waals surface area contributed by atoms with E-state index in [9.17, 15) is 0 Å². The van der Waals surface area contributed by atoms with Crippen LogP contribution in [0.15, 0.2) is 72.8 Å².